The molecule has 0 saturated carbocycles. The van der Waals surface area contributed by atoms with E-state index < -0.39 is 0 Å². The Morgan fingerprint density at radius 3 is 2.19 bits per heavy atom. The Bertz CT molecular complexity index is 322. The summed E-state index contributed by atoms with van der Waals surface area (Å²) in [6.45, 7) is 4.92. The summed E-state index contributed by atoms with van der Waals surface area (Å²) in [6.07, 6.45) is 0. The largest absolute Gasteiger partial charge is 0.395 e. The average Bonchev–Trinajstić information content (AvgIpc) is 2.16. The van der Waals surface area contributed by atoms with Gasteiger partial charge in [0.25, 0.3) is 0 Å². The zero-order chi connectivity index (χ0) is 12.1. The topological polar surface area (TPSA) is 32.3 Å². The number of hydrogen-bond acceptors (Lipinski definition) is 2. The third-order valence-corrected chi connectivity index (χ3v) is 2.93. The number of aliphatic hydroxyl groups is 1. The van der Waals surface area contributed by atoms with Crippen LogP contribution in [0.5, 0.6) is 0 Å². The van der Waals surface area contributed by atoms with Crippen molar-refractivity contribution in [2.45, 2.75) is 26.4 Å². The lowest BCUT2D eigenvalue weighted by molar-refractivity contribution is 0.210. The minimum Gasteiger partial charge on any atom is -0.395 e. The molecule has 0 spiro atoms. The fourth-order valence-electron chi connectivity index (χ4n) is 1.47. The number of hydrogen-bond donors (Lipinski definition) is 2. The molecule has 0 aromatic heterocycles. The van der Waals surface area contributed by atoms with E-state index in [0.29, 0.717) is 22.5 Å². The molecule has 2 nitrogen and oxygen atoms in total. The quantitative estimate of drug-likeness (QED) is 0.854. The van der Waals surface area contributed by atoms with Crippen LogP contribution in [-0.2, 0) is 6.54 Å². The van der Waals surface area contributed by atoms with E-state index in [1.807, 2.05) is 12.1 Å². The molecule has 1 aromatic carbocycles. The minimum atomic E-state index is 0.0951. The van der Waals surface area contributed by atoms with Gasteiger partial charge in [0.15, 0.2) is 0 Å². The summed E-state index contributed by atoms with van der Waals surface area (Å²) in [5.41, 5.74) is 1.02. The van der Waals surface area contributed by atoms with Crippen LogP contribution in [0.4, 0.5) is 0 Å². The fraction of sp³-hybridized carbons (Fsp3) is 0.500. The van der Waals surface area contributed by atoms with Gasteiger partial charge in [-0.3, -0.25) is 0 Å². The molecule has 0 radical (unpaired) electrons. The summed E-state index contributed by atoms with van der Waals surface area (Å²) < 4.78 is 0. The molecule has 16 heavy (non-hydrogen) atoms. The lowest BCUT2D eigenvalue weighted by Crippen LogP contribution is -2.36. The van der Waals surface area contributed by atoms with Crippen LogP contribution in [-0.4, -0.2) is 17.8 Å². The molecule has 0 heterocycles. The molecule has 0 aliphatic heterocycles. The first kappa shape index (κ1) is 13.8. The molecule has 0 aliphatic rings. The van der Waals surface area contributed by atoms with E-state index in [2.05, 4.69) is 19.2 Å². The van der Waals surface area contributed by atoms with Crippen LogP contribution < -0.4 is 5.32 Å². The second-order valence-corrected chi connectivity index (χ2v) is 5.06. The summed E-state index contributed by atoms with van der Waals surface area (Å²) in [5.74, 6) is 0.389. The van der Waals surface area contributed by atoms with Gasteiger partial charge in [0.2, 0.25) is 0 Å². The maximum absolute atomic E-state index is 9.17. The highest BCUT2D eigenvalue weighted by molar-refractivity contribution is 6.34. The second kappa shape index (κ2) is 6.45. The minimum absolute atomic E-state index is 0.0951. The lowest BCUT2D eigenvalue weighted by atomic mass is 10.1. The van der Waals surface area contributed by atoms with Crippen LogP contribution in [0, 0.1) is 5.92 Å². The fourth-order valence-corrected chi connectivity index (χ4v) is 2.04. The van der Waals surface area contributed by atoms with E-state index in [-0.39, 0.29) is 12.6 Å². The zero-order valence-electron chi connectivity index (χ0n) is 9.50. The molecule has 90 valence electrons. The Labute approximate surface area is 107 Å². The molecule has 1 aromatic rings. The SMILES string of the molecule is CC(C)C(CO)NCc1cc(Cl)cc(Cl)c1. The van der Waals surface area contributed by atoms with Crippen molar-refractivity contribution < 1.29 is 5.11 Å². The van der Waals surface area contributed by atoms with Crippen molar-refractivity contribution in [3.05, 3.63) is 33.8 Å². The highest BCUT2D eigenvalue weighted by atomic mass is 35.5. The maximum Gasteiger partial charge on any atom is 0.0587 e. The first-order valence-corrected chi connectivity index (χ1v) is 6.07. The van der Waals surface area contributed by atoms with Gasteiger partial charge in [0, 0.05) is 22.6 Å². The molecule has 1 atom stereocenters. The van der Waals surface area contributed by atoms with Crippen LogP contribution in [0.2, 0.25) is 10.0 Å². The van der Waals surface area contributed by atoms with Crippen LogP contribution in [0.3, 0.4) is 0 Å². The van der Waals surface area contributed by atoms with Gasteiger partial charge in [0.05, 0.1) is 6.61 Å². The first-order chi connectivity index (χ1) is 7.52. The molecule has 0 bridgehead atoms. The van der Waals surface area contributed by atoms with Gasteiger partial charge in [-0.1, -0.05) is 37.0 Å². The standard InChI is InChI=1S/C12H17Cl2NO/c1-8(2)12(7-16)15-6-9-3-10(13)5-11(14)4-9/h3-5,8,12,15-16H,6-7H2,1-2H3. The first-order valence-electron chi connectivity index (χ1n) is 5.32. The normalized spacial score (nSPS) is 13.1. The molecule has 0 fully saturated rings. The molecule has 4 heteroatoms. The number of benzene rings is 1. The molecule has 0 aliphatic carbocycles. The molecule has 1 rings (SSSR count). The average molecular weight is 262 g/mol. The van der Waals surface area contributed by atoms with Crippen molar-refractivity contribution in [1.82, 2.24) is 5.32 Å². The van der Waals surface area contributed by atoms with Crippen LogP contribution in [0.25, 0.3) is 0 Å². The van der Waals surface area contributed by atoms with Gasteiger partial charge in [0.1, 0.15) is 0 Å². The van der Waals surface area contributed by atoms with Gasteiger partial charge >= 0.3 is 0 Å². The Balaban J connectivity index is 2.60. The summed E-state index contributed by atoms with van der Waals surface area (Å²) in [5, 5.41) is 13.7. The van der Waals surface area contributed by atoms with Crippen molar-refractivity contribution >= 4 is 23.2 Å². The summed E-state index contributed by atoms with van der Waals surface area (Å²) in [6, 6.07) is 5.54. The highest BCUT2D eigenvalue weighted by Crippen LogP contribution is 2.19. The summed E-state index contributed by atoms with van der Waals surface area (Å²) in [4.78, 5) is 0. The Hall–Kier alpha value is -0.280. The Morgan fingerprint density at radius 2 is 1.75 bits per heavy atom. The Kier molecular flexibility index (Phi) is 5.56. The molecule has 1 unspecified atom stereocenters. The van der Waals surface area contributed by atoms with Crippen LogP contribution in [0.1, 0.15) is 19.4 Å². The van der Waals surface area contributed by atoms with Gasteiger partial charge in [-0.25, -0.2) is 0 Å². The van der Waals surface area contributed by atoms with E-state index in [9.17, 15) is 0 Å². The maximum atomic E-state index is 9.17. The monoisotopic (exact) mass is 261 g/mol. The molecule has 0 saturated heterocycles. The van der Waals surface area contributed by atoms with Crippen LogP contribution >= 0.6 is 23.2 Å². The second-order valence-electron chi connectivity index (χ2n) is 4.19. The van der Waals surface area contributed by atoms with Crippen LogP contribution in [0.15, 0.2) is 18.2 Å². The lowest BCUT2D eigenvalue weighted by Gasteiger charge is -2.20. The smallest absolute Gasteiger partial charge is 0.0587 e. The van der Waals surface area contributed by atoms with E-state index in [1.165, 1.54) is 0 Å². The third-order valence-electron chi connectivity index (χ3n) is 2.49. The van der Waals surface area contributed by atoms with Gasteiger partial charge in [-0.2, -0.15) is 0 Å². The number of halogens is 2. The molecule has 0 amide bonds. The number of nitrogens with one attached hydrogen (secondary N) is 1. The van der Waals surface area contributed by atoms with Gasteiger partial charge in [-0.15, -0.1) is 0 Å². The molecule has 2 N–H and O–H groups in total. The summed E-state index contributed by atoms with van der Waals surface area (Å²) >= 11 is 11.8. The van der Waals surface area contributed by atoms with Gasteiger partial charge < -0.3 is 10.4 Å². The number of aliphatic hydroxyl groups excluding tert-OH is 1. The molecular formula is C12H17Cl2NO. The van der Waals surface area contributed by atoms with Crippen molar-refractivity contribution in [1.29, 1.82) is 0 Å². The van der Waals surface area contributed by atoms with E-state index >= 15 is 0 Å². The summed E-state index contributed by atoms with van der Waals surface area (Å²) in [7, 11) is 0. The molecular weight excluding hydrogens is 245 g/mol. The third kappa shape index (κ3) is 4.30. The van der Waals surface area contributed by atoms with Crippen molar-refractivity contribution in [3.8, 4) is 0 Å². The predicted molar refractivity (Wildman–Crippen MR) is 69.0 cm³/mol. The number of rotatable bonds is 5. The van der Waals surface area contributed by atoms with Crippen molar-refractivity contribution in [2.75, 3.05) is 6.61 Å². The van der Waals surface area contributed by atoms with Crippen molar-refractivity contribution in [3.63, 3.8) is 0 Å². The highest BCUT2D eigenvalue weighted by Gasteiger charge is 2.11. The van der Waals surface area contributed by atoms with Gasteiger partial charge in [-0.05, 0) is 29.7 Å². The predicted octanol–water partition coefficient (Wildman–Crippen LogP) is 3.10. The zero-order valence-corrected chi connectivity index (χ0v) is 11.0. The van der Waals surface area contributed by atoms with E-state index in [4.69, 9.17) is 28.3 Å². The van der Waals surface area contributed by atoms with Crippen molar-refractivity contribution in [2.24, 2.45) is 5.92 Å². The van der Waals surface area contributed by atoms with E-state index in [1.54, 1.807) is 6.07 Å². The Morgan fingerprint density at radius 1 is 1.19 bits per heavy atom. The van der Waals surface area contributed by atoms with E-state index in [0.717, 1.165) is 5.56 Å².